The third-order valence-corrected chi connectivity index (χ3v) is 2.90. The molecule has 108 valence electrons. The van der Waals surface area contributed by atoms with Gasteiger partial charge in [-0.3, -0.25) is 19.7 Å². The van der Waals surface area contributed by atoms with Gasteiger partial charge in [0.05, 0.1) is 11.5 Å². The summed E-state index contributed by atoms with van der Waals surface area (Å²) in [5.41, 5.74) is 0.571. The van der Waals surface area contributed by atoms with Crippen LogP contribution >= 0.6 is 0 Å². The van der Waals surface area contributed by atoms with Crippen LogP contribution in [0.15, 0.2) is 18.2 Å². The first kappa shape index (κ1) is 15.6. The van der Waals surface area contributed by atoms with E-state index >= 15 is 0 Å². The number of benzene rings is 1. The minimum atomic E-state index is -0.558. The topological polar surface area (TPSA) is 83.8 Å². The molecule has 1 aromatic rings. The second-order valence-electron chi connectivity index (χ2n) is 4.42. The van der Waals surface area contributed by atoms with E-state index in [1.165, 1.54) is 23.1 Å². The van der Waals surface area contributed by atoms with Gasteiger partial charge in [-0.05, 0) is 13.0 Å². The quantitative estimate of drug-likeness (QED) is 0.445. The van der Waals surface area contributed by atoms with Crippen LogP contribution in [0, 0.1) is 10.1 Å². The number of hydrogen-bond donors (Lipinski definition) is 0. The lowest BCUT2D eigenvalue weighted by molar-refractivity contribution is -0.384. The highest BCUT2D eigenvalue weighted by molar-refractivity contribution is 5.88. The molecule has 1 aromatic carbocycles. The van der Waals surface area contributed by atoms with Gasteiger partial charge in [0.15, 0.2) is 6.29 Å². The van der Waals surface area contributed by atoms with Crippen LogP contribution in [0.1, 0.15) is 17.3 Å². The van der Waals surface area contributed by atoms with E-state index in [-0.39, 0.29) is 23.7 Å². The number of nitro benzene ring substituents is 1. The lowest BCUT2D eigenvalue weighted by atomic mass is 10.1. The molecular formula is C13H17N3O4. The fourth-order valence-electron chi connectivity index (χ4n) is 1.71. The predicted molar refractivity (Wildman–Crippen MR) is 75.1 cm³/mol. The molecule has 0 atom stereocenters. The summed E-state index contributed by atoms with van der Waals surface area (Å²) in [5, 5.41) is 10.7. The lowest BCUT2D eigenvalue weighted by Gasteiger charge is -2.25. The Balaban J connectivity index is 3.12. The first-order valence-corrected chi connectivity index (χ1v) is 6.09. The van der Waals surface area contributed by atoms with Crippen LogP contribution in [0.25, 0.3) is 0 Å². The van der Waals surface area contributed by atoms with Crippen molar-refractivity contribution in [3.05, 3.63) is 33.9 Å². The number of non-ortho nitro benzene ring substituents is 1. The molecule has 0 aliphatic carbocycles. The molecule has 0 saturated heterocycles. The minimum Gasteiger partial charge on any atom is -0.362 e. The Bertz CT molecular complexity index is 528. The van der Waals surface area contributed by atoms with E-state index in [1.807, 2.05) is 6.92 Å². The van der Waals surface area contributed by atoms with Gasteiger partial charge < -0.3 is 9.80 Å². The molecule has 0 fully saturated rings. The lowest BCUT2D eigenvalue weighted by Crippen LogP contribution is -2.37. The molecule has 1 rings (SSSR count). The number of likely N-dealkylation sites (N-methyl/N-ethyl adjacent to an activating group) is 2. The summed E-state index contributed by atoms with van der Waals surface area (Å²) in [5.74, 6) is -0.109. The number of nitrogens with zero attached hydrogens (tertiary/aromatic N) is 3. The number of amides is 1. The van der Waals surface area contributed by atoms with Gasteiger partial charge in [-0.15, -0.1) is 0 Å². The van der Waals surface area contributed by atoms with Crippen LogP contribution in [0.3, 0.4) is 0 Å². The zero-order chi connectivity index (χ0) is 15.3. The van der Waals surface area contributed by atoms with E-state index in [2.05, 4.69) is 0 Å². The molecule has 0 unspecified atom stereocenters. The van der Waals surface area contributed by atoms with Crippen molar-refractivity contribution in [2.24, 2.45) is 0 Å². The molecule has 1 amide bonds. The Kier molecular flexibility index (Phi) is 5.19. The monoisotopic (exact) mass is 279 g/mol. The van der Waals surface area contributed by atoms with Gasteiger partial charge in [-0.2, -0.15) is 0 Å². The number of carbonyl (C=O) groups is 2. The smallest absolute Gasteiger partial charge is 0.270 e. The maximum absolute atomic E-state index is 11.7. The van der Waals surface area contributed by atoms with Crippen molar-refractivity contribution in [1.82, 2.24) is 4.90 Å². The highest BCUT2D eigenvalue weighted by Crippen LogP contribution is 2.24. The SMILES string of the molecule is CCN(CC(=O)N(C)C)c1ccc([N+](=O)[O-])cc1C=O. The molecule has 0 heterocycles. The summed E-state index contributed by atoms with van der Waals surface area (Å²) in [6.07, 6.45) is 0.561. The third kappa shape index (κ3) is 3.53. The molecule has 7 nitrogen and oxygen atoms in total. The molecule has 0 aliphatic heterocycles. The second-order valence-corrected chi connectivity index (χ2v) is 4.42. The predicted octanol–water partition coefficient (Wildman–Crippen LogP) is 1.32. The largest absolute Gasteiger partial charge is 0.362 e. The van der Waals surface area contributed by atoms with E-state index < -0.39 is 4.92 Å². The Morgan fingerprint density at radius 2 is 2.05 bits per heavy atom. The second kappa shape index (κ2) is 6.65. The summed E-state index contributed by atoms with van der Waals surface area (Å²) in [6.45, 7) is 2.47. The molecule has 0 N–H and O–H groups in total. The fraction of sp³-hybridized carbons (Fsp3) is 0.385. The maximum atomic E-state index is 11.7. The van der Waals surface area contributed by atoms with Gasteiger partial charge >= 0.3 is 0 Å². The number of aldehydes is 1. The van der Waals surface area contributed by atoms with Crippen LogP contribution in [0.2, 0.25) is 0 Å². The van der Waals surface area contributed by atoms with Crippen molar-refractivity contribution < 1.29 is 14.5 Å². The average molecular weight is 279 g/mol. The molecule has 0 radical (unpaired) electrons. The van der Waals surface area contributed by atoms with Gasteiger partial charge in [0, 0.05) is 44.0 Å². The Morgan fingerprint density at radius 3 is 2.50 bits per heavy atom. The van der Waals surface area contributed by atoms with E-state index in [0.29, 0.717) is 18.5 Å². The molecule has 0 aliphatic rings. The van der Waals surface area contributed by atoms with Crippen molar-refractivity contribution in [2.45, 2.75) is 6.92 Å². The minimum absolute atomic E-state index is 0.109. The fourth-order valence-corrected chi connectivity index (χ4v) is 1.71. The van der Waals surface area contributed by atoms with E-state index in [1.54, 1.807) is 19.0 Å². The summed E-state index contributed by atoms with van der Waals surface area (Å²) < 4.78 is 0. The average Bonchev–Trinajstić information content (AvgIpc) is 2.43. The van der Waals surface area contributed by atoms with E-state index in [0.717, 1.165) is 0 Å². The third-order valence-electron chi connectivity index (χ3n) is 2.90. The Labute approximate surface area is 116 Å². The Morgan fingerprint density at radius 1 is 1.40 bits per heavy atom. The Hall–Kier alpha value is -2.44. The number of rotatable bonds is 6. The molecule has 0 bridgehead atoms. The van der Waals surface area contributed by atoms with Gasteiger partial charge in [0.2, 0.25) is 5.91 Å². The van der Waals surface area contributed by atoms with Crippen molar-refractivity contribution in [1.29, 1.82) is 0 Å². The van der Waals surface area contributed by atoms with Crippen molar-refractivity contribution in [3.63, 3.8) is 0 Å². The molecule has 0 aromatic heterocycles. The maximum Gasteiger partial charge on any atom is 0.270 e. The van der Waals surface area contributed by atoms with Crippen LogP contribution in [-0.4, -0.2) is 49.2 Å². The molecular weight excluding hydrogens is 262 g/mol. The van der Waals surface area contributed by atoms with E-state index in [4.69, 9.17) is 0 Å². The number of anilines is 1. The zero-order valence-electron chi connectivity index (χ0n) is 11.7. The summed E-state index contributed by atoms with van der Waals surface area (Å²) in [7, 11) is 3.29. The van der Waals surface area contributed by atoms with Crippen molar-refractivity contribution in [2.75, 3.05) is 32.1 Å². The molecule has 0 spiro atoms. The first-order valence-electron chi connectivity index (χ1n) is 6.09. The number of nitro groups is 1. The summed E-state index contributed by atoms with van der Waals surface area (Å²) in [6, 6.07) is 4.03. The van der Waals surface area contributed by atoms with Crippen molar-refractivity contribution >= 4 is 23.6 Å². The van der Waals surface area contributed by atoms with Crippen LogP contribution in [0.5, 0.6) is 0 Å². The van der Waals surface area contributed by atoms with Gasteiger partial charge in [0.25, 0.3) is 5.69 Å². The molecule has 7 heteroatoms. The highest BCUT2D eigenvalue weighted by atomic mass is 16.6. The first-order chi connectivity index (χ1) is 9.40. The summed E-state index contributed by atoms with van der Waals surface area (Å²) >= 11 is 0. The van der Waals surface area contributed by atoms with Crippen LogP contribution in [-0.2, 0) is 4.79 Å². The summed E-state index contributed by atoms with van der Waals surface area (Å²) in [4.78, 5) is 36.1. The van der Waals surface area contributed by atoms with E-state index in [9.17, 15) is 19.7 Å². The number of carbonyl (C=O) groups excluding carboxylic acids is 2. The van der Waals surface area contributed by atoms with Gasteiger partial charge in [-0.1, -0.05) is 0 Å². The number of hydrogen-bond acceptors (Lipinski definition) is 5. The van der Waals surface area contributed by atoms with Crippen LogP contribution < -0.4 is 4.90 Å². The normalized spacial score (nSPS) is 9.95. The van der Waals surface area contributed by atoms with Crippen molar-refractivity contribution in [3.8, 4) is 0 Å². The van der Waals surface area contributed by atoms with Gasteiger partial charge in [-0.25, -0.2) is 0 Å². The zero-order valence-corrected chi connectivity index (χ0v) is 11.7. The molecule has 0 saturated carbocycles. The standard InChI is InChI=1S/C13H17N3O4/c1-4-15(8-13(18)14(2)3)12-6-5-11(16(19)20)7-10(12)9-17/h5-7,9H,4,8H2,1-3H3. The van der Waals surface area contributed by atoms with Gasteiger partial charge in [0.1, 0.15) is 0 Å². The highest BCUT2D eigenvalue weighted by Gasteiger charge is 2.17. The van der Waals surface area contributed by atoms with Crippen LogP contribution in [0.4, 0.5) is 11.4 Å². The molecule has 20 heavy (non-hydrogen) atoms.